The van der Waals surface area contributed by atoms with E-state index in [4.69, 9.17) is 20.3 Å². The Balaban J connectivity index is 2.38. The van der Waals surface area contributed by atoms with Gasteiger partial charge in [-0.1, -0.05) is 12.1 Å². The zero-order valence-electron chi connectivity index (χ0n) is 9.56. The van der Waals surface area contributed by atoms with Gasteiger partial charge < -0.3 is 20.3 Å². The van der Waals surface area contributed by atoms with Gasteiger partial charge in [-0.3, -0.25) is 0 Å². The van der Waals surface area contributed by atoms with Gasteiger partial charge >= 0.3 is 0 Å². The first-order chi connectivity index (χ1) is 7.76. The van der Waals surface area contributed by atoms with E-state index in [1.54, 1.807) is 7.11 Å². The van der Waals surface area contributed by atoms with E-state index in [1.807, 2.05) is 24.3 Å². The summed E-state index contributed by atoms with van der Waals surface area (Å²) in [5.41, 5.74) is 6.73. The molecular weight excluding hydrogens is 206 g/mol. The van der Waals surface area contributed by atoms with Gasteiger partial charge in [0.15, 0.2) is 0 Å². The molecule has 1 aromatic rings. The maximum absolute atomic E-state index is 8.74. The fraction of sp³-hybridized carbons (Fsp3) is 0.500. The monoisotopic (exact) mass is 225 g/mol. The van der Waals surface area contributed by atoms with Gasteiger partial charge in [-0.25, -0.2) is 0 Å². The van der Waals surface area contributed by atoms with E-state index in [1.165, 1.54) is 5.56 Å². The van der Waals surface area contributed by atoms with Gasteiger partial charge in [-0.05, 0) is 24.1 Å². The van der Waals surface area contributed by atoms with Crippen LogP contribution < -0.4 is 10.5 Å². The lowest BCUT2D eigenvalue weighted by molar-refractivity contribution is 0.202. The highest BCUT2D eigenvalue weighted by Crippen LogP contribution is 2.12. The molecule has 0 saturated carbocycles. The summed E-state index contributed by atoms with van der Waals surface area (Å²) < 4.78 is 10.4. The average molecular weight is 225 g/mol. The lowest BCUT2D eigenvalue weighted by atomic mass is 10.1. The summed E-state index contributed by atoms with van der Waals surface area (Å²) in [5.74, 6) is 0.769. The molecule has 0 aliphatic carbocycles. The molecule has 1 aromatic carbocycles. The Morgan fingerprint density at radius 2 is 2.00 bits per heavy atom. The third-order valence-electron chi connectivity index (χ3n) is 2.22. The summed E-state index contributed by atoms with van der Waals surface area (Å²) in [6.45, 7) is 0.982. The lowest BCUT2D eigenvalue weighted by Crippen LogP contribution is -2.31. The number of rotatable bonds is 7. The smallest absolute Gasteiger partial charge is 0.119 e. The standard InChI is InChI=1S/C12H19NO3/c1-15-7-6-10-2-4-12(5-3-10)16-9-11(13)8-14/h2-5,11,14H,6-9,13H2,1H3/t11-/m0/s1. The first kappa shape index (κ1) is 13.0. The lowest BCUT2D eigenvalue weighted by Gasteiger charge is -2.10. The molecule has 0 aliphatic rings. The van der Waals surface area contributed by atoms with Gasteiger partial charge in [0.1, 0.15) is 12.4 Å². The summed E-state index contributed by atoms with van der Waals surface area (Å²) in [6, 6.07) is 7.47. The van der Waals surface area contributed by atoms with Crippen LogP contribution >= 0.6 is 0 Å². The summed E-state index contributed by atoms with van der Waals surface area (Å²) in [7, 11) is 1.69. The van der Waals surface area contributed by atoms with Crippen molar-refractivity contribution in [3.8, 4) is 5.75 Å². The third kappa shape index (κ3) is 4.61. The predicted molar refractivity (Wildman–Crippen MR) is 62.6 cm³/mol. The Labute approximate surface area is 96.0 Å². The molecule has 0 heterocycles. The van der Waals surface area contributed by atoms with Gasteiger partial charge in [0.2, 0.25) is 0 Å². The van der Waals surface area contributed by atoms with Crippen LogP contribution in [0.15, 0.2) is 24.3 Å². The number of methoxy groups -OCH3 is 1. The summed E-state index contributed by atoms with van der Waals surface area (Å²) in [6.07, 6.45) is 0.896. The third-order valence-corrected chi connectivity index (χ3v) is 2.22. The minimum atomic E-state index is -0.326. The quantitative estimate of drug-likeness (QED) is 0.712. The van der Waals surface area contributed by atoms with E-state index in [9.17, 15) is 0 Å². The summed E-state index contributed by atoms with van der Waals surface area (Å²) in [4.78, 5) is 0. The van der Waals surface area contributed by atoms with E-state index in [0.29, 0.717) is 6.61 Å². The van der Waals surface area contributed by atoms with E-state index in [0.717, 1.165) is 18.8 Å². The largest absolute Gasteiger partial charge is 0.492 e. The van der Waals surface area contributed by atoms with E-state index >= 15 is 0 Å². The van der Waals surface area contributed by atoms with Crippen molar-refractivity contribution in [2.45, 2.75) is 12.5 Å². The fourth-order valence-corrected chi connectivity index (χ4v) is 1.23. The van der Waals surface area contributed by atoms with E-state index in [2.05, 4.69) is 0 Å². The van der Waals surface area contributed by atoms with Crippen LogP contribution in [-0.2, 0) is 11.2 Å². The normalized spacial score (nSPS) is 12.4. The van der Waals surface area contributed by atoms with Crippen molar-refractivity contribution in [3.63, 3.8) is 0 Å². The fourth-order valence-electron chi connectivity index (χ4n) is 1.23. The second-order valence-corrected chi connectivity index (χ2v) is 3.64. The van der Waals surface area contributed by atoms with Crippen molar-refractivity contribution in [2.24, 2.45) is 5.73 Å². The van der Waals surface area contributed by atoms with Crippen LogP contribution in [0.3, 0.4) is 0 Å². The Morgan fingerprint density at radius 3 is 2.56 bits per heavy atom. The second kappa shape index (κ2) is 7.22. The van der Waals surface area contributed by atoms with Crippen molar-refractivity contribution in [1.29, 1.82) is 0 Å². The van der Waals surface area contributed by atoms with Crippen molar-refractivity contribution in [3.05, 3.63) is 29.8 Å². The molecule has 1 rings (SSSR count). The molecule has 0 bridgehead atoms. The van der Waals surface area contributed by atoms with Gasteiger partial charge in [0, 0.05) is 7.11 Å². The summed E-state index contributed by atoms with van der Waals surface area (Å²) >= 11 is 0. The molecule has 3 N–H and O–H groups in total. The van der Waals surface area contributed by atoms with Crippen molar-refractivity contribution >= 4 is 0 Å². The molecule has 0 amide bonds. The van der Waals surface area contributed by atoms with Crippen molar-refractivity contribution in [2.75, 3.05) is 26.9 Å². The molecule has 0 saturated heterocycles. The van der Waals surface area contributed by atoms with Crippen molar-refractivity contribution < 1.29 is 14.6 Å². The highest BCUT2D eigenvalue weighted by molar-refractivity contribution is 5.27. The van der Waals surface area contributed by atoms with Gasteiger partial charge in [-0.2, -0.15) is 0 Å². The molecule has 4 heteroatoms. The molecule has 0 aliphatic heterocycles. The molecule has 0 fully saturated rings. The Bertz CT molecular complexity index is 287. The number of nitrogens with two attached hydrogens (primary N) is 1. The SMILES string of the molecule is COCCc1ccc(OC[C@@H](N)CO)cc1. The Hall–Kier alpha value is -1.10. The number of hydrogen-bond donors (Lipinski definition) is 2. The highest BCUT2D eigenvalue weighted by atomic mass is 16.5. The van der Waals surface area contributed by atoms with Crippen LogP contribution in [0, 0.1) is 0 Å². The van der Waals surface area contributed by atoms with Gasteiger partial charge in [0.05, 0.1) is 19.3 Å². The number of aliphatic hydroxyl groups is 1. The van der Waals surface area contributed by atoms with Crippen LogP contribution in [-0.4, -0.2) is 38.1 Å². The molecule has 0 radical (unpaired) electrons. The van der Waals surface area contributed by atoms with Gasteiger partial charge in [-0.15, -0.1) is 0 Å². The first-order valence-corrected chi connectivity index (χ1v) is 5.33. The zero-order valence-corrected chi connectivity index (χ0v) is 9.56. The number of hydrogen-bond acceptors (Lipinski definition) is 4. The van der Waals surface area contributed by atoms with Crippen LogP contribution in [0.2, 0.25) is 0 Å². The van der Waals surface area contributed by atoms with E-state index < -0.39 is 0 Å². The predicted octanol–water partition coefficient (Wildman–Crippen LogP) is 0.574. The minimum absolute atomic E-state index is 0.0636. The average Bonchev–Trinajstić information content (AvgIpc) is 2.34. The molecule has 16 heavy (non-hydrogen) atoms. The van der Waals surface area contributed by atoms with Crippen molar-refractivity contribution in [1.82, 2.24) is 0 Å². The van der Waals surface area contributed by atoms with Crippen LogP contribution in [0.25, 0.3) is 0 Å². The first-order valence-electron chi connectivity index (χ1n) is 5.33. The molecule has 90 valence electrons. The molecule has 0 aromatic heterocycles. The number of ether oxygens (including phenoxy) is 2. The second-order valence-electron chi connectivity index (χ2n) is 3.64. The minimum Gasteiger partial charge on any atom is -0.492 e. The molecule has 4 nitrogen and oxygen atoms in total. The van der Waals surface area contributed by atoms with Gasteiger partial charge in [0.25, 0.3) is 0 Å². The molecule has 0 unspecified atom stereocenters. The maximum atomic E-state index is 8.74. The number of aliphatic hydroxyl groups excluding tert-OH is 1. The van der Waals surface area contributed by atoms with Crippen LogP contribution in [0.4, 0.5) is 0 Å². The summed E-state index contributed by atoms with van der Waals surface area (Å²) in [5, 5.41) is 8.74. The highest BCUT2D eigenvalue weighted by Gasteiger charge is 2.01. The Kier molecular flexibility index (Phi) is 5.85. The number of benzene rings is 1. The van der Waals surface area contributed by atoms with Crippen LogP contribution in [0.5, 0.6) is 5.75 Å². The Morgan fingerprint density at radius 1 is 1.31 bits per heavy atom. The van der Waals surface area contributed by atoms with E-state index in [-0.39, 0.29) is 12.6 Å². The van der Waals surface area contributed by atoms with Crippen LogP contribution in [0.1, 0.15) is 5.56 Å². The zero-order chi connectivity index (χ0) is 11.8. The maximum Gasteiger partial charge on any atom is 0.119 e. The molecule has 0 spiro atoms. The molecule has 1 atom stereocenters. The molecular formula is C12H19NO3. The topological polar surface area (TPSA) is 64.7 Å².